The van der Waals surface area contributed by atoms with E-state index in [9.17, 15) is 5.11 Å². The monoisotopic (exact) mass is 262 g/mol. The molecule has 3 nitrogen and oxygen atoms in total. The number of likely N-dealkylation sites (tertiary alicyclic amines) is 1. The van der Waals surface area contributed by atoms with Crippen LogP contribution in [0.5, 0.6) is 0 Å². The number of benzene rings is 1. The molecule has 0 spiro atoms. The lowest BCUT2D eigenvalue weighted by Crippen LogP contribution is -2.28. The van der Waals surface area contributed by atoms with Crippen molar-refractivity contribution in [1.82, 2.24) is 4.90 Å². The smallest absolute Gasteiger partial charge is 0.0807 e. The minimum absolute atomic E-state index is 0.357. The van der Waals surface area contributed by atoms with Crippen LogP contribution in [0.3, 0.4) is 0 Å². The van der Waals surface area contributed by atoms with Gasteiger partial charge in [0.2, 0.25) is 0 Å². The van der Waals surface area contributed by atoms with Gasteiger partial charge in [-0.2, -0.15) is 0 Å². The molecule has 2 rings (SSSR count). The van der Waals surface area contributed by atoms with E-state index in [1.165, 1.54) is 25.2 Å². The Bertz CT molecular complexity index is 407. The summed E-state index contributed by atoms with van der Waals surface area (Å²) >= 11 is 0. The number of rotatable bonds is 5. The third-order valence-corrected chi connectivity index (χ3v) is 4.11. The highest BCUT2D eigenvalue weighted by Gasteiger charge is 2.22. The van der Waals surface area contributed by atoms with Crippen LogP contribution in [0.2, 0.25) is 0 Å². The predicted octanol–water partition coefficient (Wildman–Crippen LogP) is 2.52. The summed E-state index contributed by atoms with van der Waals surface area (Å²) in [4.78, 5) is 4.70. The van der Waals surface area contributed by atoms with Gasteiger partial charge in [-0.25, -0.2) is 0 Å². The van der Waals surface area contributed by atoms with Gasteiger partial charge in [-0.05, 0) is 38.4 Å². The van der Waals surface area contributed by atoms with Gasteiger partial charge in [0.1, 0.15) is 0 Å². The molecule has 1 aliphatic heterocycles. The number of hydrogen-bond acceptors (Lipinski definition) is 3. The lowest BCUT2D eigenvalue weighted by molar-refractivity contribution is 0.174. The number of aliphatic hydroxyl groups excluding tert-OH is 1. The van der Waals surface area contributed by atoms with Gasteiger partial charge in [-0.1, -0.05) is 25.1 Å². The van der Waals surface area contributed by atoms with E-state index in [2.05, 4.69) is 36.0 Å². The van der Waals surface area contributed by atoms with Crippen molar-refractivity contribution in [3.63, 3.8) is 0 Å². The minimum Gasteiger partial charge on any atom is -0.388 e. The van der Waals surface area contributed by atoms with E-state index in [-0.39, 0.29) is 6.10 Å². The molecule has 1 unspecified atom stereocenters. The molecule has 2 atom stereocenters. The maximum Gasteiger partial charge on any atom is 0.0807 e. The summed E-state index contributed by atoms with van der Waals surface area (Å²) in [6.07, 6.45) is 1.68. The first-order valence-electron chi connectivity index (χ1n) is 7.28. The van der Waals surface area contributed by atoms with E-state index in [0.29, 0.717) is 0 Å². The first kappa shape index (κ1) is 14.4. The Kier molecular flexibility index (Phi) is 4.83. The number of anilines is 1. The molecule has 1 aromatic rings. The molecule has 1 aliphatic rings. The van der Waals surface area contributed by atoms with Crippen LogP contribution in [0.4, 0.5) is 5.69 Å². The van der Waals surface area contributed by atoms with Gasteiger partial charge in [-0.15, -0.1) is 0 Å². The summed E-state index contributed by atoms with van der Waals surface area (Å²) in [5.41, 5.74) is 2.23. The van der Waals surface area contributed by atoms with Gasteiger partial charge < -0.3 is 14.9 Å². The molecule has 1 fully saturated rings. The molecule has 3 heteroatoms. The number of para-hydroxylation sites is 1. The van der Waals surface area contributed by atoms with Gasteiger partial charge in [0.05, 0.1) is 6.10 Å². The Labute approximate surface area is 116 Å². The number of hydrogen-bond donors (Lipinski definition) is 1. The molecule has 0 aliphatic carbocycles. The Hall–Kier alpha value is -1.06. The molecular formula is C16H26N2O. The zero-order valence-electron chi connectivity index (χ0n) is 12.3. The van der Waals surface area contributed by atoms with E-state index in [1.807, 2.05) is 19.1 Å². The second kappa shape index (κ2) is 6.40. The summed E-state index contributed by atoms with van der Waals surface area (Å²) in [5.74, 6) is 0.738. The molecule has 1 saturated heterocycles. The molecular weight excluding hydrogens is 236 g/mol. The van der Waals surface area contributed by atoms with Crippen LogP contribution in [0.25, 0.3) is 0 Å². The molecule has 0 saturated carbocycles. The molecule has 1 N–H and O–H groups in total. The average molecular weight is 262 g/mol. The highest BCUT2D eigenvalue weighted by Crippen LogP contribution is 2.28. The van der Waals surface area contributed by atoms with E-state index >= 15 is 0 Å². The molecule has 0 radical (unpaired) electrons. The van der Waals surface area contributed by atoms with Crippen molar-refractivity contribution in [2.24, 2.45) is 5.92 Å². The summed E-state index contributed by atoms with van der Waals surface area (Å²) in [6, 6.07) is 8.22. The standard InChI is InChI=1S/C16H26N2O/c1-4-16(19)14-7-5-6-8-15(14)18(3)12-13-9-10-17(2)11-13/h5-8,13,16,19H,4,9-12H2,1-3H3/t13?,16-/m1/s1. The largest absolute Gasteiger partial charge is 0.388 e. The van der Waals surface area contributed by atoms with Crippen molar-refractivity contribution in [3.8, 4) is 0 Å². The van der Waals surface area contributed by atoms with Crippen molar-refractivity contribution in [2.45, 2.75) is 25.9 Å². The third-order valence-electron chi connectivity index (χ3n) is 4.11. The van der Waals surface area contributed by atoms with Crippen LogP contribution in [0.1, 0.15) is 31.4 Å². The molecule has 1 heterocycles. The van der Waals surface area contributed by atoms with E-state index < -0.39 is 0 Å². The minimum atomic E-state index is -0.357. The molecule has 0 aromatic heterocycles. The van der Waals surface area contributed by atoms with Gasteiger partial charge in [0.25, 0.3) is 0 Å². The van der Waals surface area contributed by atoms with Gasteiger partial charge in [-0.3, -0.25) is 0 Å². The Balaban J connectivity index is 2.08. The second-order valence-corrected chi connectivity index (χ2v) is 5.78. The first-order chi connectivity index (χ1) is 9.11. The summed E-state index contributed by atoms with van der Waals surface area (Å²) < 4.78 is 0. The zero-order valence-corrected chi connectivity index (χ0v) is 12.3. The summed E-state index contributed by atoms with van der Waals surface area (Å²) in [5, 5.41) is 10.1. The predicted molar refractivity (Wildman–Crippen MR) is 80.6 cm³/mol. The highest BCUT2D eigenvalue weighted by molar-refractivity contribution is 5.54. The summed E-state index contributed by atoms with van der Waals surface area (Å²) in [6.45, 7) is 5.48. The lowest BCUT2D eigenvalue weighted by atomic mass is 10.0. The quantitative estimate of drug-likeness (QED) is 0.883. The van der Waals surface area contributed by atoms with Crippen LogP contribution in [-0.4, -0.2) is 43.7 Å². The highest BCUT2D eigenvalue weighted by atomic mass is 16.3. The van der Waals surface area contributed by atoms with Crippen LogP contribution >= 0.6 is 0 Å². The van der Waals surface area contributed by atoms with E-state index in [4.69, 9.17) is 0 Å². The van der Waals surface area contributed by atoms with Crippen molar-refractivity contribution in [1.29, 1.82) is 0 Å². The molecule has 106 valence electrons. The van der Waals surface area contributed by atoms with Crippen molar-refractivity contribution in [3.05, 3.63) is 29.8 Å². The fourth-order valence-corrected chi connectivity index (χ4v) is 3.00. The lowest BCUT2D eigenvalue weighted by Gasteiger charge is -2.27. The fourth-order valence-electron chi connectivity index (χ4n) is 3.00. The number of nitrogens with zero attached hydrogens (tertiary/aromatic N) is 2. The SMILES string of the molecule is CC[C@@H](O)c1ccccc1N(C)CC1CCN(C)C1. The molecule has 19 heavy (non-hydrogen) atoms. The zero-order chi connectivity index (χ0) is 13.8. The Morgan fingerprint density at radius 1 is 1.42 bits per heavy atom. The van der Waals surface area contributed by atoms with Gasteiger partial charge in [0.15, 0.2) is 0 Å². The van der Waals surface area contributed by atoms with Gasteiger partial charge in [0, 0.05) is 31.4 Å². The molecule has 0 amide bonds. The van der Waals surface area contributed by atoms with Crippen LogP contribution < -0.4 is 4.90 Å². The average Bonchev–Trinajstić information content (AvgIpc) is 2.83. The van der Waals surface area contributed by atoms with Crippen molar-refractivity contribution >= 4 is 5.69 Å². The first-order valence-corrected chi connectivity index (χ1v) is 7.28. The van der Waals surface area contributed by atoms with Crippen LogP contribution in [0.15, 0.2) is 24.3 Å². The van der Waals surface area contributed by atoms with Crippen LogP contribution in [-0.2, 0) is 0 Å². The third kappa shape index (κ3) is 3.48. The van der Waals surface area contributed by atoms with Gasteiger partial charge >= 0.3 is 0 Å². The number of aliphatic hydroxyl groups is 1. The van der Waals surface area contributed by atoms with Crippen molar-refractivity contribution < 1.29 is 5.11 Å². The molecule has 0 bridgehead atoms. The Morgan fingerprint density at radius 3 is 2.79 bits per heavy atom. The van der Waals surface area contributed by atoms with Crippen LogP contribution in [0, 0.1) is 5.92 Å². The van der Waals surface area contributed by atoms with Crippen molar-refractivity contribution in [2.75, 3.05) is 38.6 Å². The van der Waals surface area contributed by atoms with E-state index in [1.54, 1.807) is 0 Å². The normalized spacial score (nSPS) is 21.6. The summed E-state index contributed by atoms with van der Waals surface area (Å²) in [7, 11) is 4.33. The topological polar surface area (TPSA) is 26.7 Å². The maximum absolute atomic E-state index is 10.1. The maximum atomic E-state index is 10.1. The molecule has 1 aromatic carbocycles. The Morgan fingerprint density at radius 2 is 2.16 bits per heavy atom. The van der Waals surface area contributed by atoms with E-state index in [0.717, 1.165) is 24.4 Å². The second-order valence-electron chi connectivity index (χ2n) is 5.78. The fraction of sp³-hybridized carbons (Fsp3) is 0.625.